The highest BCUT2D eigenvalue weighted by Gasteiger charge is 2.37. The van der Waals surface area contributed by atoms with E-state index < -0.39 is 29.7 Å². The number of nitrogens with one attached hydrogen (secondary N) is 2. The number of nitrogens with zero attached hydrogens (tertiary/aromatic N) is 1. The van der Waals surface area contributed by atoms with Crippen LogP contribution in [-0.4, -0.2) is 52.1 Å². The van der Waals surface area contributed by atoms with Gasteiger partial charge in [0.2, 0.25) is 11.8 Å². The normalized spacial score (nSPS) is 13.6. The van der Waals surface area contributed by atoms with E-state index in [2.05, 4.69) is 10.6 Å². The van der Waals surface area contributed by atoms with E-state index in [4.69, 9.17) is 4.74 Å². The van der Waals surface area contributed by atoms with Gasteiger partial charge < -0.3 is 25.4 Å². The summed E-state index contributed by atoms with van der Waals surface area (Å²) in [4.78, 5) is 42.6. The molecule has 0 spiro atoms. The Balaban J connectivity index is 2.59. The summed E-state index contributed by atoms with van der Waals surface area (Å²) in [6.07, 6.45) is 2.58. The molecule has 40 heavy (non-hydrogen) atoms. The fourth-order valence-electron chi connectivity index (χ4n) is 4.57. The molecule has 3 atom stereocenters. The van der Waals surface area contributed by atoms with Crippen LogP contribution >= 0.6 is 0 Å². The Kier molecular flexibility index (Phi) is 12.5. The van der Waals surface area contributed by atoms with Gasteiger partial charge in [0.15, 0.2) is 0 Å². The van der Waals surface area contributed by atoms with Gasteiger partial charge in [0.25, 0.3) is 0 Å². The number of hydrogen-bond donors (Lipinski definition) is 3. The van der Waals surface area contributed by atoms with Crippen molar-refractivity contribution in [3.63, 3.8) is 0 Å². The predicted octanol–water partition coefficient (Wildman–Crippen LogP) is 5.81. The standard InChI is InChI=1S/C32H47N3O5/c1-8-10-20-35(27(29(37)33-23(4)15-9-2)25-19-14-16-22(3)28(25)36)30(38)26(21-24-17-12-11-13-18-24)34-31(39)40-32(5,6)7/h11-14,16-19,23,26-27,36H,8-10,15,20-21H2,1-7H3,(H,33,37)(H,34,39). The van der Waals surface area contributed by atoms with Crippen LogP contribution in [-0.2, 0) is 20.7 Å². The Bertz CT molecular complexity index is 1110. The summed E-state index contributed by atoms with van der Waals surface area (Å²) in [7, 11) is 0. The minimum absolute atomic E-state index is 0.0280. The lowest BCUT2D eigenvalue weighted by molar-refractivity contribution is -0.142. The molecular weight excluding hydrogens is 506 g/mol. The van der Waals surface area contributed by atoms with Crippen molar-refractivity contribution in [2.45, 2.75) is 104 Å². The van der Waals surface area contributed by atoms with Crippen LogP contribution in [0.4, 0.5) is 4.79 Å². The molecule has 2 aromatic rings. The SMILES string of the molecule is CCCCN(C(=O)C(Cc1ccccc1)NC(=O)OC(C)(C)C)C(C(=O)NC(C)CCC)c1cccc(C)c1O. The van der Waals surface area contributed by atoms with Crippen molar-refractivity contribution in [2.24, 2.45) is 0 Å². The number of carbonyl (C=O) groups is 3. The zero-order chi connectivity index (χ0) is 29.9. The van der Waals surface area contributed by atoms with E-state index in [1.165, 1.54) is 4.90 Å². The van der Waals surface area contributed by atoms with Crippen LogP contribution in [0.25, 0.3) is 0 Å². The van der Waals surface area contributed by atoms with Crippen LogP contribution in [0.5, 0.6) is 5.75 Å². The number of para-hydroxylation sites is 1. The summed E-state index contributed by atoms with van der Waals surface area (Å²) in [6, 6.07) is 12.4. The number of rotatable bonds is 13. The minimum Gasteiger partial charge on any atom is -0.507 e. The van der Waals surface area contributed by atoms with Crippen molar-refractivity contribution >= 4 is 17.9 Å². The molecule has 8 heteroatoms. The van der Waals surface area contributed by atoms with Crippen LogP contribution in [0.15, 0.2) is 48.5 Å². The molecule has 0 bridgehead atoms. The largest absolute Gasteiger partial charge is 0.507 e. The van der Waals surface area contributed by atoms with Gasteiger partial charge in [-0.25, -0.2) is 4.79 Å². The van der Waals surface area contributed by atoms with Gasteiger partial charge in [-0.2, -0.15) is 0 Å². The molecule has 8 nitrogen and oxygen atoms in total. The number of phenolic OH excluding ortho intramolecular Hbond substituents is 1. The van der Waals surface area contributed by atoms with Crippen molar-refractivity contribution in [1.29, 1.82) is 0 Å². The van der Waals surface area contributed by atoms with Crippen LogP contribution in [0.1, 0.15) is 90.0 Å². The zero-order valence-corrected chi connectivity index (χ0v) is 25.1. The maximum Gasteiger partial charge on any atom is 0.408 e. The number of unbranched alkanes of at least 4 members (excludes halogenated alkanes) is 1. The molecule has 3 amide bonds. The third-order valence-electron chi connectivity index (χ3n) is 6.54. The average molecular weight is 554 g/mol. The zero-order valence-electron chi connectivity index (χ0n) is 25.1. The van der Waals surface area contributed by atoms with E-state index in [0.29, 0.717) is 17.5 Å². The molecule has 0 saturated heterocycles. The Morgan fingerprint density at radius 3 is 2.25 bits per heavy atom. The molecule has 0 fully saturated rings. The molecule has 0 aromatic heterocycles. The Morgan fingerprint density at radius 1 is 0.975 bits per heavy atom. The van der Waals surface area contributed by atoms with Gasteiger partial charge in [0.1, 0.15) is 23.4 Å². The van der Waals surface area contributed by atoms with Gasteiger partial charge in [0, 0.05) is 24.6 Å². The lowest BCUT2D eigenvalue weighted by atomic mass is 9.97. The fourth-order valence-corrected chi connectivity index (χ4v) is 4.57. The first-order chi connectivity index (χ1) is 18.9. The second-order valence-corrected chi connectivity index (χ2v) is 11.4. The first kappa shape index (κ1) is 32.7. The molecule has 0 aliphatic rings. The molecule has 0 aliphatic carbocycles. The maximum atomic E-state index is 14.4. The molecule has 0 saturated carbocycles. The van der Waals surface area contributed by atoms with Gasteiger partial charge in [-0.15, -0.1) is 0 Å². The number of amides is 3. The van der Waals surface area contributed by atoms with Gasteiger partial charge in [-0.3, -0.25) is 9.59 Å². The molecule has 0 heterocycles. The number of phenols is 1. The van der Waals surface area contributed by atoms with Crippen LogP contribution in [0.3, 0.4) is 0 Å². The third kappa shape index (κ3) is 9.88. The molecule has 3 unspecified atom stereocenters. The quantitative estimate of drug-likeness (QED) is 0.290. The summed E-state index contributed by atoms with van der Waals surface area (Å²) in [5.74, 6) is -0.825. The monoisotopic (exact) mass is 553 g/mol. The topological polar surface area (TPSA) is 108 Å². The van der Waals surface area contributed by atoms with Crippen molar-refractivity contribution in [3.8, 4) is 5.75 Å². The predicted molar refractivity (Wildman–Crippen MR) is 158 cm³/mol. The van der Waals surface area contributed by atoms with Crippen LogP contribution in [0.2, 0.25) is 0 Å². The number of alkyl carbamates (subject to hydrolysis) is 1. The van der Waals surface area contributed by atoms with Crippen molar-refractivity contribution in [2.75, 3.05) is 6.54 Å². The van der Waals surface area contributed by atoms with E-state index in [9.17, 15) is 19.5 Å². The molecule has 2 aromatic carbocycles. The lowest BCUT2D eigenvalue weighted by Gasteiger charge is -2.35. The summed E-state index contributed by atoms with van der Waals surface area (Å²) in [5, 5.41) is 16.9. The fraction of sp³-hybridized carbons (Fsp3) is 0.531. The van der Waals surface area contributed by atoms with E-state index in [-0.39, 0.29) is 30.7 Å². The van der Waals surface area contributed by atoms with Crippen molar-refractivity contribution in [3.05, 3.63) is 65.2 Å². The Morgan fingerprint density at radius 2 is 1.65 bits per heavy atom. The second kappa shape index (κ2) is 15.3. The van der Waals surface area contributed by atoms with E-state index in [1.54, 1.807) is 45.9 Å². The first-order valence-electron chi connectivity index (χ1n) is 14.3. The Hall–Kier alpha value is -3.55. The summed E-state index contributed by atoms with van der Waals surface area (Å²) in [6.45, 7) is 13.3. The highest BCUT2D eigenvalue weighted by atomic mass is 16.6. The third-order valence-corrected chi connectivity index (χ3v) is 6.54. The number of ether oxygens (including phenoxy) is 1. The maximum absolute atomic E-state index is 14.4. The number of hydrogen-bond acceptors (Lipinski definition) is 5. The number of aryl methyl sites for hydroxylation is 1. The Labute approximate surface area is 239 Å². The molecule has 2 rings (SSSR count). The highest BCUT2D eigenvalue weighted by molar-refractivity contribution is 5.93. The number of aromatic hydroxyl groups is 1. The summed E-state index contributed by atoms with van der Waals surface area (Å²) < 4.78 is 5.48. The lowest BCUT2D eigenvalue weighted by Crippen LogP contribution is -2.54. The second-order valence-electron chi connectivity index (χ2n) is 11.4. The molecule has 220 valence electrons. The first-order valence-corrected chi connectivity index (χ1v) is 14.3. The van der Waals surface area contributed by atoms with Gasteiger partial charge >= 0.3 is 6.09 Å². The molecular formula is C32H47N3O5. The van der Waals surface area contributed by atoms with Gasteiger partial charge in [-0.1, -0.05) is 75.2 Å². The number of carbonyl (C=O) groups excluding carboxylic acids is 3. The summed E-state index contributed by atoms with van der Waals surface area (Å²) >= 11 is 0. The smallest absolute Gasteiger partial charge is 0.408 e. The highest BCUT2D eigenvalue weighted by Crippen LogP contribution is 2.33. The van der Waals surface area contributed by atoms with Crippen molar-refractivity contribution < 1.29 is 24.2 Å². The van der Waals surface area contributed by atoms with Gasteiger partial charge in [0.05, 0.1) is 0 Å². The molecule has 0 radical (unpaired) electrons. The van der Waals surface area contributed by atoms with Crippen LogP contribution in [0, 0.1) is 6.92 Å². The average Bonchev–Trinajstić information content (AvgIpc) is 2.87. The van der Waals surface area contributed by atoms with E-state index >= 15 is 0 Å². The van der Waals surface area contributed by atoms with Crippen LogP contribution < -0.4 is 10.6 Å². The summed E-state index contributed by atoms with van der Waals surface area (Å²) in [5.41, 5.74) is 1.05. The van der Waals surface area contributed by atoms with E-state index in [1.807, 2.05) is 51.1 Å². The molecule has 0 aliphatic heterocycles. The minimum atomic E-state index is -1.09. The van der Waals surface area contributed by atoms with Gasteiger partial charge in [-0.05, 0) is 58.6 Å². The van der Waals surface area contributed by atoms with Crippen molar-refractivity contribution in [1.82, 2.24) is 15.5 Å². The number of benzene rings is 2. The van der Waals surface area contributed by atoms with E-state index in [0.717, 1.165) is 24.8 Å². The molecule has 3 N–H and O–H groups in total.